The van der Waals surface area contributed by atoms with Crippen molar-refractivity contribution in [1.29, 1.82) is 0 Å². The number of ether oxygens (including phenoxy) is 2. The lowest BCUT2D eigenvalue weighted by molar-refractivity contribution is 0.100. The summed E-state index contributed by atoms with van der Waals surface area (Å²) in [4.78, 5) is 11.4. The lowest BCUT2D eigenvalue weighted by Crippen LogP contribution is -2.14. The minimum Gasteiger partial charge on any atom is -0.454 e. The van der Waals surface area contributed by atoms with E-state index in [0.717, 1.165) is 5.56 Å². The Morgan fingerprint density at radius 3 is 3.00 bits per heavy atom. The molecule has 0 bridgehead atoms. The molecule has 0 spiro atoms. The molecule has 4 nitrogen and oxygen atoms in total. The highest BCUT2D eigenvalue weighted by Gasteiger charge is 2.20. The van der Waals surface area contributed by atoms with Gasteiger partial charge in [0.2, 0.25) is 6.79 Å². The Bertz CT molecular complexity index is 387. The number of carbonyl (C=O) groups is 1. The van der Waals surface area contributed by atoms with Crippen molar-refractivity contribution in [1.82, 2.24) is 0 Å². The highest BCUT2D eigenvalue weighted by Crippen LogP contribution is 2.36. The third-order valence-electron chi connectivity index (χ3n) is 2.27. The normalized spacial score (nSPS) is 13.0. The Morgan fingerprint density at radius 2 is 2.29 bits per heavy atom. The monoisotopic (exact) mass is 193 g/mol. The predicted molar refractivity (Wildman–Crippen MR) is 50.7 cm³/mol. The van der Waals surface area contributed by atoms with E-state index in [9.17, 15) is 4.79 Å². The van der Waals surface area contributed by atoms with Crippen molar-refractivity contribution in [3.05, 3.63) is 23.3 Å². The molecular weight excluding hydrogens is 182 g/mol. The summed E-state index contributed by atoms with van der Waals surface area (Å²) in [6, 6.07) is 3.45. The van der Waals surface area contributed by atoms with Crippen molar-refractivity contribution < 1.29 is 14.3 Å². The van der Waals surface area contributed by atoms with Crippen LogP contribution in [0.5, 0.6) is 11.5 Å². The van der Waals surface area contributed by atoms with Crippen LogP contribution in [-0.2, 0) is 0 Å². The van der Waals surface area contributed by atoms with Crippen LogP contribution in [0.4, 0.5) is 0 Å². The van der Waals surface area contributed by atoms with Gasteiger partial charge in [-0.2, -0.15) is 0 Å². The number of benzene rings is 1. The molecule has 14 heavy (non-hydrogen) atoms. The molecule has 0 aliphatic carbocycles. The number of hydrogen-bond donors (Lipinski definition) is 1. The average molecular weight is 193 g/mol. The Hall–Kier alpha value is -1.55. The molecule has 2 rings (SSSR count). The fourth-order valence-electron chi connectivity index (χ4n) is 1.52. The van der Waals surface area contributed by atoms with Crippen molar-refractivity contribution >= 4 is 5.78 Å². The molecule has 0 fully saturated rings. The zero-order valence-electron chi connectivity index (χ0n) is 7.87. The van der Waals surface area contributed by atoms with Gasteiger partial charge in [0.25, 0.3) is 0 Å². The summed E-state index contributed by atoms with van der Waals surface area (Å²) in [5.41, 5.74) is 6.71. The predicted octanol–water partition coefficient (Wildman–Crippen LogP) is 0.865. The minimum absolute atomic E-state index is 0.0144. The van der Waals surface area contributed by atoms with Crippen molar-refractivity contribution in [3.63, 3.8) is 0 Å². The van der Waals surface area contributed by atoms with E-state index in [4.69, 9.17) is 15.2 Å². The van der Waals surface area contributed by atoms with Crippen molar-refractivity contribution in [2.75, 3.05) is 13.3 Å². The lowest BCUT2D eigenvalue weighted by Gasteiger charge is -2.05. The quantitative estimate of drug-likeness (QED) is 0.708. The standard InChI is InChI=1S/C10H11NO3/c1-6-7(8(12)4-11)2-3-9-10(6)14-5-13-9/h2-3H,4-5,11H2,1H3. The molecule has 0 saturated heterocycles. The van der Waals surface area contributed by atoms with Crippen LogP contribution in [0.15, 0.2) is 12.1 Å². The van der Waals surface area contributed by atoms with E-state index >= 15 is 0 Å². The first-order valence-electron chi connectivity index (χ1n) is 4.36. The van der Waals surface area contributed by atoms with E-state index in [1.807, 2.05) is 6.92 Å². The number of nitrogens with two attached hydrogens (primary N) is 1. The largest absolute Gasteiger partial charge is 0.454 e. The van der Waals surface area contributed by atoms with E-state index in [-0.39, 0.29) is 19.1 Å². The SMILES string of the molecule is Cc1c(C(=O)CN)ccc2c1OCO2. The molecule has 74 valence electrons. The van der Waals surface area contributed by atoms with Crippen LogP contribution >= 0.6 is 0 Å². The summed E-state index contributed by atoms with van der Waals surface area (Å²) < 4.78 is 10.4. The van der Waals surface area contributed by atoms with E-state index in [1.165, 1.54) is 0 Å². The van der Waals surface area contributed by atoms with Crippen LogP contribution in [0.2, 0.25) is 0 Å². The first-order valence-corrected chi connectivity index (χ1v) is 4.36. The number of fused-ring (bicyclic) bond motifs is 1. The van der Waals surface area contributed by atoms with Gasteiger partial charge in [-0.1, -0.05) is 0 Å². The molecule has 1 aromatic rings. The highest BCUT2D eigenvalue weighted by molar-refractivity contribution is 5.99. The summed E-state index contributed by atoms with van der Waals surface area (Å²) in [6.07, 6.45) is 0. The van der Waals surface area contributed by atoms with Crippen LogP contribution in [0, 0.1) is 6.92 Å². The van der Waals surface area contributed by atoms with Gasteiger partial charge in [0.15, 0.2) is 17.3 Å². The van der Waals surface area contributed by atoms with Crippen LogP contribution < -0.4 is 15.2 Å². The molecule has 1 aliphatic heterocycles. The average Bonchev–Trinajstić information content (AvgIpc) is 2.66. The van der Waals surface area contributed by atoms with Gasteiger partial charge < -0.3 is 15.2 Å². The van der Waals surface area contributed by atoms with Gasteiger partial charge in [0.1, 0.15) is 0 Å². The Kier molecular flexibility index (Phi) is 2.13. The second-order valence-corrected chi connectivity index (χ2v) is 3.10. The molecular formula is C10H11NO3. The molecule has 2 N–H and O–H groups in total. The summed E-state index contributed by atoms with van der Waals surface area (Å²) in [6.45, 7) is 2.06. The van der Waals surface area contributed by atoms with Crippen molar-refractivity contribution in [2.24, 2.45) is 5.73 Å². The van der Waals surface area contributed by atoms with Crippen molar-refractivity contribution in [2.45, 2.75) is 6.92 Å². The lowest BCUT2D eigenvalue weighted by atomic mass is 10.0. The maximum Gasteiger partial charge on any atom is 0.231 e. The molecule has 1 heterocycles. The number of rotatable bonds is 2. The Balaban J connectivity index is 2.50. The van der Waals surface area contributed by atoms with Gasteiger partial charge in [-0.05, 0) is 19.1 Å². The molecule has 0 aromatic heterocycles. The summed E-state index contributed by atoms with van der Waals surface area (Å²) in [7, 11) is 0. The fourth-order valence-corrected chi connectivity index (χ4v) is 1.52. The summed E-state index contributed by atoms with van der Waals surface area (Å²) in [5.74, 6) is 1.26. The number of carbonyl (C=O) groups excluding carboxylic acids is 1. The minimum atomic E-state index is -0.0826. The zero-order chi connectivity index (χ0) is 10.1. The molecule has 0 saturated carbocycles. The third-order valence-corrected chi connectivity index (χ3v) is 2.27. The second-order valence-electron chi connectivity index (χ2n) is 3.10. The first-order chi connectivity index (χ1) is 6.74. The summed E-state index contributed by atoms with van der Waals surface area (Å²) >= 11 is 0. The van der Waals surface area contributed by atoms with Crippen LogP contribution in [0.3, 0.4) is 0 Å². The van der Waals surface area contributed by atoms with E-state index < -0.39 is 0 Å². The molecule has 4 heteroatoms. The van der Waals surface area contributed by atoms with E-state index in [0.29, 0.717) is 17.1 Å². The van der Waals surface area contributed by atoms with Crippen LogP contribution in [0.1, 0.15) is 15.9 Å². The van der Waals surface area contributed by atoms with Gasteiger partial charge in [-0.25, -0.2) is 0 Å². The van der Waals surface area contributed by atoms with E-state index in [2.05, 4.69) is 0 Å². The smallest absolute Gasteiger partial charge is 0.231 e. The zero-order valence-corrected chi connectivity index (χ0v) is 7.87. The number of ketones is 1. The van der Waals surface area contributed by atoms with Crippen LogP contribution in [-0.4, -0.2) is 19.1 Å². The fraction of sp³-hybridized carbons (Fsp3) is 0.300. The summed E-state index contributed by atoms with van der Waals surface area (Å²) in [5, 5.41) is 0. The maximum absolute atomic E-state index is 11.4. The molecule has 0 atom stereocenters. The molecule has 0 unspecified atom stereocenters. The second kappa shape index (κ2) is 3.31. The van der Waals surface area contributed by atoms with Gasteiger partial charge in [0, 0.05) is 11.1 Å². The number of hydrogen-bond acceptors (Lipinski definition) is 4. The van der Waals surface area contributed by atoms with Crippen molar-refractivity contribution in [3.8, 4) is 11.5 Å². The van der Waals surface area contributed by atoms with Gasteiger partial charge >= 0.3 is 0 Å². The molecule has 0 amide bonds. The molecule has 1 aliphatic rings. The number of Topliss-reactive ketones (excluding diaryl/α,β-unsaturated/α-hetero) is 1. The Labute approximate surface area is 81.6 Å². The molecule has 1 aromatic carbocycles. The maximum atomic E-state index is 11.4. The van der Waals surface area contributed by atoms with Gasteiger partial charge in [-0.3, -0.25) is 4.79 Å². The van der Waals surface area contributed by atoms with Crippen LogP contribution in [0.25, 0.3) is 0 Å². The Morgan fingerprint density at radius 1 is 1.50 bits per heavy atom. The molecule has 0 radical (unpaired) electrons. The van der Waals surface area contributed by atoms with E-state index in [1.54, 1.807) is 12.1 Å². The van der Waals surface area contributed by atoms with Gasteiger partial charge in [-0.15, -0.1) is 0 Å². The third kappa shape index (κ3) is 1.24. The highest BCUT2D eigenvalue weighted by atomic mass is 16.7. The first kappa shape index (κ1) is 9.02. The topological polar surface area (TPSA) is 61.6 Å². The van der Waals surface area contributed by atoms with Gasteiger partial charge in [0.05, 0.1) is 6.54 Å².